The zero-order chi connectivity index (χ0) is 44.0. The Hall–Kier alpha value is -5.25. The van der Waals surface area contributed by atoms with Crippen LogP contribution in [0.4, 0.5) is 9.18 Å². The third kappa shape index (κ3) is 8.98. The molecule has 3 N–H and O–H groups in total. The number of allylic oxidation sites excluding steroid dienone is 1. The number of sulfonamides is 1. The van der Waals surface area contributed by atoms with Crippen LogP contribution in [0.2, 0.25) is 0 Å². The maximum absolute atomic E-state index is 14.7. The first-order valence-corrected chi connectivity index (χ1v) is 23.4. The van der Waals surface area contributed by atoms with Crippen LogP contribution in [0, 0.1) is 23.6 Å². The minimum Gasteiger partial charge on any atom is -0.497 e. The van der Waals surface area contributed by atoms with Crippen LogP contribution in [0.3, 0.4) is 0 Å². The van der Waals surface area contributed by atoms with Crippen molar-refractivity contribution in [3.8, 4) is 22.9 Å². The van der Waals surface area contributed by atoms with Crippen LogP contribution in [0.25, 0.3) is 22.0 Å². The van der Waals surface area contributed by atoms with E-state index in [-0.39, 0.29) is 37.8 Å². The lowest BCUT2D eigenvalue weighted by molar-refractivity contribution is -0.141. The van der Waals surface area contributed by atoms with Crippen molar-refractivity contribution in [2.45, 2.75) is 126 Å². The molecular weight excluding hydrogens is 818 g/mol. The van der Waals surface area contributed by atoms with Crippen molar-refractivity contribution in [2.75, 3.05) is 13.7 Å². The molecular formula is C46H56FN5O9S. The number of ether oxygens (including phenoxy) is 3. The maximum Gasteiger partial charge on any atom is 0.408 e. The van der Waals surface area contributed by atoms with Gasteiger partial charge in [0.2, 0.25) is 27.7 Å². The lowest BCUT2D eigenvalue weighted by Crippen LogP contribution is -2.58. The molecule has 3 aromatic rings. The number of pyridine rings is 1. The van der Waals surface area contributed by atoms with Gasteiger partial charge >= 0.3 is 6.09 Å². The Morgan fingerprint density at radius 1 is 1.00 bits per heavy atom. The number of rotatable bonds is 17. The zero-order valence-electron chi connectivity index (χ0n) is 35.7. The molecule has 1 aromatic heterocycles. The van der Waals surface area contributed by atoms with E-state index >= 15 is 0 Å². The number of amides is 4. The van der Waals surface area contributed by atoms with E-state index in [4.69, 9.17) is 19.2 Å². The molecule has 0 radical (unpaired) electrons. The molecule has 332 valence electrons. The minimum atomic E-state index is -4.03. The normalized spacial score (nSPS) is 27.3. The van der Waals surface area contributed by atoms with Gasteiger partial charge in [-0.05, 0) is 124 Å². The number of unbranched alkanes of at least 4 members (excludes halogenated alkanes) is 2. The number of hydrogen-bond donors (Lipinski definition) is 3. The first-order chi connectivity index (χ1) is 29.7. The summed E-state index contributed by atoms with van der Waals surface area (Å²) in [6.45, 7) is 5.31. The molecule has 5 aliphatic rings. The van der Waals surface area contributed by atoms with E-state index in [1.807, 2.05) is 24.3 Å². The highest BCUT2D eigenvalue weighted by atomic mass is 32.2. The van der Waals surface area contributed by atoms with Crippen LogP contribution in [0.1, 0.15) is 91.4 Å². The van der Waals surface area contributed by atoms with Gasteiger partial charge < -0.3 is 29.7 Å². The summed E-state index contributed by atoms with van der Waals surface area (Å²) >= 11 is 0. The molecule has 4 amide bonds. The van der Waals surface area contributed by atoms with Gasteiger partial charge in [0, 0.05) is 23.3 Å². The number of hydrogen-bond acceptors (Lipinski definition) is 10. The van der Waals surface area contributed by atoms with Crippen molar-refractivity contribution in [3.05, 3.63) is 66.5 Å². The summed E-state index contributed by atoms with van der Waals surface area (Å²) in [5.74, 6) is -0.940. The van der Waals surface area contributed by atoms with Crippen molar-refractivity contribution < 1.29 is 46.2 Å². The fourth-order valence-electron chi connectivity index (χ4n) is 8.99. The van der Waals surface area contributed by atoms with E-state index in [1.54, 1.807) is 45.2 Å². The summed E-state index contributed by atoms with van der Waals surface area (Å²) in [4.78, 5) is 62.6. The second kappa shape index (κ2) is 17.1. The largest absolute Gasteiger partial charge is 0.497 e. The third-order valence-electron chi connectivity index (χ3n) is 13.4. The van der Waals surface area contributed by atoms with Gasteiger partial charge in [-0.1, -0.05) is 38.8 Å². The molecule has 4 aliphatic carbocycles. The third-order valence-corrected chi connectivity index (χ3v) is 15.6. The molecule has 4 saturated carbocycles. The maximum atomic E-state index is 14.7. The Bertz CT molecular complexity index is 2360. The number of nitrogens with one attached hydrogen (secondary N) is 3. The van der Waals surface area contributed by atoms with E-state index in [1.165, 1.54) is 17.0 Å². The number of halogens is 1. The molecule has 14 nitrogen and oxygen atoms in total. The Balaban J connectivity index is 1.08. The van der Waals surface area contributed by atoms with E-state index in [2.05, 4.69) is 22.3 Å². The molecule has 2 aromatic carbocycles. The van der Waals surface area contributed by atoms with E-state index < -0.39 is 74.0 Å². The number of alkyl carbamates (subject to hydrolysis) is 1. The van der Waals surface area contributed by atoms with Gasteiger partial charge in [-0.15, -0.1) is 0 Å². The summed E-state index contributed by atoms with van der Waals surface area (Å²) in [5, 5.41) is 6.99. The van der Waals surface area contributed by atoms with Crippen LogP contribution in [0.15, 0.2) is 60.7 Å². The standard InChI is InChI=1S/C46H56FN5O9S/c1-5-7-8-9-10-31-25-46(31,43(55)51-62(57,58)45(3)17-18-45)50-40(53)39-24-35(26-52(39)42(54)37(6-2)49-44(56)61-34-20-28-19-29(28)21-34)60-41-36-16-15-33(59-4)22-30(36)23-38(48-41)27-11-13-32(47)14-12-27/h9-16,22-23,28-29,31,34-35,37,39H,5-8,17-21,24-26H2,1-4H3,(H,49,56)(H,50,53)(H,51,55)/b10-9-/t28-,29+,31-,34+,35-,37+,39+,46-/m1/s1. The Morgan fingerprint density at radius 2 is 1.74 bits per heavy atom. The predicted octanol–water partition coefficient (Wildman–Crippen LogP) is 6.32. The van der Waals surface area contributed by atoms with Crippen LogP contribution < -0.4 is 24.8 Å². The highest BCUT2D eigenvalue weighted by Crippen LogP contribution is 2.52. The number of methoxy groups -OCH3 is 1. The average Bonchev–Trinajstić information content (AvgIpc) is 4.21. The molecule has 8 rings (SSSR count). The van der Waals surface area contributed by atoms with Gasteiger partial charge in [-0.3, -0.25) is 19.1 Å². The molecule has 2 heterocycles. The quantitative estimate of drug-likeness (QED) is 0.103. The fourth-order valence-corrected chi connectivity index (χ4v) is 10.3. The number of benzene rings is 2. The Morgan fingerprint density at radius 3 is 2.42 bits per heavy atom. The van der Waals surface area contributed by atoms with E-state index in [0.717, 1.165) is 43.9 Å². The highest BCUT2D eigenvalue weighted by molar-refractivity contribution is 7.91. The summed E-state index contributed by atoms with van der Waals surface area (Å²) in [6.07, 6.45) is 8.68. The monoisotopic (exact) mass is 873 g/mol. The van der Waals surface area contributed by atoms with E-state index in [0.29, 0.717) is 47.1 Å². The number of aromatic nitrogens is 1. The molecule has 1 saturated heterocycles. The molecule has 1 aliphatic heterocycles. The Kier molecular flexibility index (Phi) is 12.0. The topological polar surface area (TPSA) is 182 Å². The average molecular weight is 874 g/mol. The number of likely N-dealkylation sites (tertiary alicyclic amines) is 1. The number of carbonyl (C=O) groups is 4. The van der Waals surface area contributed by atoms with Crippen LogP contribution in [-0.4, -0.2) is 90.3 Å². The fraction of sp³-hybridized carbons (Fsp3) is 0.543. The second-order valence-corrected chi connectivity index (χ2v) is 20.2. The molecule has 0 unspecified atom stereocenters. The smallest absolute Gasteiger partial charge is 0.408 e. The van der Waals surface area contributed by atoms with Gasteiger partial charge in [0.25, 0.3) is 5.91 Å². The SMILES string of the molecule is CCCC/C=C\[C@@H]1C[C@]1(NC(=O)[C@@H]1C[C@@H](Oc2nc(-c3ccc(F)cc3)cc3cc(OC)ccc23)CN1C(=O)[C@H](CC)NC(=O)O[C@@H]1C[C@@H]2C[C@@H]2C1)C(=O)NS(=O)(=O)C1(C)CC1. The van der Waals surface area contributed by atoms with Crippen molar-refractivity contribution in [2.24, 2.45) is 17.8 Å². The van der Waals surface area contributed by atoms with Gasteiger partial charge in [0.1, 0.15) is 41.4 Å². The zero-order valence-corrected chi connectivity index (χ0v) is 36.5. The minimum absolute atomic E-state index is 0.0194. The van der Waals surface area contributed by atoms with Gasteiger partial charge in [0.05, 0.1) is 24.1 Å². The van der Waals surface area contributed by atoms with Crippen LogP contribution in [-0.2, 0) is 29.1 Å². The molecule has 0 bridgehead atoms. The van der Waals surface area contributed by atoms with Crippen LogP contribution >= 0.6 is 0 Å². The number of fused-ring (bicyclic) bond motifs is 2. The number of carbonyl (C=O) groups excluding carboxylic acids is 4. The highest BCUT2D eigenvalue weighted by Gasteiger charge is 2.63. The molecule has 5 fully saturated rings. The lowest BCUT2D eigenvalue weighted by Gasteiger charge is -2.29. The van der Waals surface area contributed by atoms with Crippen molar-refractivity contribution in [3.63, 3.8) is 0 Å². The van der Waals surface area contributed by atoms with Gasteiger partial charge in [-0.25, -0.2) is 22.6 Å². The van der Waals surface area contributed by atoms with Crippen molar-refractivity contribution in [1.82, 2.24) is 25.2 Å². The molecule has 0 spiro atoms. The van der Waals surface area contributed by atoms with E-state index in [9.17, 15) is 32.0 Å². The van der Waals surface area contributed by atoms with Gasteiger partial charge in [0.15, 0.2) is 0 Å². The number of nitrogens with zero attached hydrogens (tertiary/aromatic N) is 2. The summed E-state index contributed by atoms with van der Waals surface area (Å²) in [6, 6.07) is 10.9. The molecule has 62 heavy (non-hydrogen) atoms. The first-order valence-electron chi connectivity index (χ1n) is 21.9. The van der Waals surface area contributed by atoms with Crippen LogP contribution in [0.5, 0.6) is 11.6 Å². The summed E-state index contributed by atoms with van der Waals surface area (Å²) < 4.78 is 59.5. The molecule has 8 atom stereocenters. The summed E-state index contributed by atoms with van der Waals surface area (Å²) in [5.41, 5.74) is -0.451. The first kappa shape index (κ1) is 43.4. The molecule has 16 heteroatoms. The van der Waals surface area contributed by atoms with Crippen molar-refractivity contribution >= 4 is 44.6 Å². The predicted molar refractivity (Wildman–Crippen MR) is 229 cm³/mol. The Labute approximate surface area is 361 Å². The summed E-state index contributed by atoms with van der Waals surface area (Å²) in [7, 11) is -2.48. The van der Waals surface area contributed by atoms with Gasteiger partial charge in [-0.2, -0.15) is 0 Å². The van der Waals surface area contributed by atoms with Crippen molar-refractivity contribution in [1.29, 1.82) is 0 Å². The second-order valence-electron chi connectivity index (χ2n) is 18.0. The lowest BCUT2D eigenvalue weighted by atomic mass is 10.1.